The van der Waals surface area contributed by atoms with E-state index < -0.39 is 23.9 Å². The monoisotopic (exact) mass is 376 g/mol. The molecular weight excluding hydrogens is 356 g/mol. The first-order valence-corrected chi connectivity index (χ1v) is 8.80. The van der Waals surface area contributed by atoms with Crippen molar-refractivity contribution in [3.8, 4) is 0 Å². The van der Waals surface area contributed by atoms with Gasteiger partial charge in [0, 0.05) is 11.3 Å². The van der Waals surface area contributed by atoms with Gasteiger partial charge in [-0.25, -0.2) is 0 Å². The summed E-state index contributed by atoms with van der Waals surface area (Å²) >= 11 is 0. The number of carbonyl (C=O) groups is 3. The van der Waals surface area contributed by atoms with Crippen molar-refractivity contribution < 1.29 is 19.1 Å². The summed E-state index contributed by atoms with van der Waals surface area (Å²) in [6.07, 6.45) is -0.876. The number of primary amides is 1. The summed E-state index contributed by atoms with van der Waals surface area (Å²) in [6, 6.07) is 19.8. The van der Waals surface area contributed by atoms with Crippen LogP contribution in [0.1, 0.15) is 22.8 Å². The average molecular weight is 376 g/mol. The molecule has 0 radical (unpaired) electrons. The molecule has 0 aliphatic heterocycles. The van der Waals surface area contributed by atoms with Gasteiger partial charge < -0.3 is 15.8 Å². The molecule has 1 atom stereocenters. The number of anilines is 1. The van der Waals surface area contributed by atoms with Crippen molar-refractivity contribution in [3.05, 3.63) is 77.9 Å². The second-order valence-electron chi connectivity index (χ2n) is 6.42. The van der Waals surface area contributed by atoms with Gasteiger partial charge in [-0.3, -0.25) is 14.4 Å². The topological polar surface area (TPSA) is 98.5 Å². The molecule has 28 heavy (non-hydrogen) atoms. The molecular formula is C22H20N2O4. The fourth-order valence-corrected chi connectivity index (χ4v) is 2.77. The fraction of sp³-hybridized carbons (Fsp3) is 0.136. The number of benzene rings is 3. The van der Waals surface area contributed by atoms with Gasteiger partial charge in [-0.05, 0) is 47.5 Å². The number of fused-ring (bicyclic) bond motifs is 1. The Morgan fingerprint density at radius 1 is 0.964 bits per heavy atom. The number of hydrogen-bond donors (Lipinski definition) is 2. The van der Waals surface area contributed by atoms with E-state index >= 15 is 0 Å². The maximum Gasteiger partial charge on any atom is 0.311 e. The maximum atomic E-state index is 12.2. The molecule has 142 valence electrons. The average Bonchev–Trinajstić information content (AvgIpc) is 2.68. The van der Waals surface area contributed by atoms with Crippen molar-refractivity contribution in [1.29, 1.82) is 0 Å². The van der Waals surface area contributed by atoms with Crippen LogP contribution in [0.4, 0.5) is 5.69 Å². The molecule has 2 amide bonds. The zero-order chi connectivity index (χ0) is 20.1. The van der Waals surface area contributed by atoms with Crippen LogP contribution in [-0.2, 0) is 20.7 Å². The van der Waals surface area contributed by atoms with Gasteiger partial charge in [0.15, 0.2) is 6.10 Å². The fourth-order valence-electron chi connectivity index (χ4n) is 2.77. The maximum absolute atomic E-state index is 12.2. The van der Waals surface area contributed by atoms with Crippen LogP contribution in [0, 0.1) is 0 Å². The van der Waals surface area contributed by atoms with Crippen LogP contribution in [0.3, 0.4) is 0 Å². The second kappa shape index (κ2) is 8.35. The van der Waals surface area contributed by atoms with E-state index in [0.29, 0.717) is 11.3 Å². The zero-order valence-corrected chi connectivity index (χ0v) is 15.3. The smallest absolute Gasteiger partial charge is 0.311 e. The number of esters is 1. The highest BCUT2D eigenvalue weighted by Crippen LogP contribution is 2.16. The van der Waals surface area contributed by atoms with E-state index in [-0.39, 0.29) is 6.42 Å². The van der Waals surface area contributed by atoms with Gasteiger partial charge in [-0.2, -0.15) is 0 Å². The van der Waals surface area contributed by atoms with Crippen molar-refractivity contribution in [2.75, 3.05) is 5.32 Å². The normalized spacial score (nSPS) is 11.6. The molecule has 0 fully saturated rings. The van der Waals surface area contributed by atoms with E-state index in [2.05, 4.69) is 5.32 Å². The number of nitrogens with one attached hydrogen (secondary N) is 1. The van der Waals surface area contributed by atoms with Gasteiger partial charge in [0.1, 0.15) is 0 Å². The Morgan fingerprint density at radius 3 is 2.32 bits per heavy atom. The molecule has 3 aromatic carbocycles. The van der Waals surface area contributed by atoms with Gasteiger partial charge >= 0.3 is 5.97 Å². The van der Waals surface area contributed by atoms with Crippen LogP contribution in [-0.4, -0.2) is 23.9 Å². The number of rotatable bonds is 6. The molecule has 3 rings (SSSR count). The molecule has 0 saturated heterocycles. The molecule has 0 spiro atoms. The van der Waals surface area contributed by atoms with Gasteiger partial charge in [-0.15, -0.1) is 0 Å². The molecule has 0 bridgehead atoms. The van der Waals surface area contributed by atoms with Crippen LogP contribution in [0.2, 0.25) is 0 Å². The van der Waals surface area contributed by atoms with Crippen molar-refractivity contribution >= 4 is 34.2 Å². The van der Waals surface area contributed by atoms with Crippen LogP contribution >= 0.6 is 0 Å². The molecule has 3 aromatic rings. The highest BCUT2D eigenvalue weighted by atomic mass is 16.5. The molecule has 6 nitrogen and oxygen atoms in total. The molecule has 0 unspecified atom stereocenters. The lowest BCUT2D eigenvalue weighted by Crippen LogP contribution is -2.30. The number of hydrogen-bond acceptors (Lipinski definition) is 4. The third-order valence-electron chi connectivity index (χ3n) is 4.28. The predicted molar refractivity (Wildman–Crippen MR) is 107 cm³/mol. The standard InChI is InChI=1S/C22H20N2O4/c1-14(22(27)24-19-10-8-17(9-11-19)21(23)26)28-20(25)13-15-6-7-16-4-2-3-5-18(16)12-15/h2-12,14H,13H2,1H3,(H2,23,26)(H,24,27)/t14-/m0/s1. The van der Waals surface area contributed by atoms with Crippen molar-refractivity contribution in [3.63, 3.8) is 0 Å². The number of carbonyl (C=O) groups excluding carboxylic acids is 3. The molecule has 0 heterocycles. The Balaban J connectivity index is 1.56. The van der Waals surface area contributed by atoms with Gasteiger partial charge in [-0.1, -0.05) is 42.5 Å². The second-order valence-corrected chi connectivity index (χ2v) is 6.42. The quantitative estimate of drug-likeness (QED) is 0.646. The zero-order valence-electron chi connectivity index (χ0n) is 15.3. The van der Waals surface area contributed by atoms with E-state index in [0.717, 1.165) is 16.3 Å². The minimum atomic E-state index is -0.955. The highest BCUT2D eigenvalue weighted by molar-refractivity contribution is 5.97. The number of ether oxygens (including phenoxy) is 1. The third-order valence-corrected chi connectivity index (χ3v) is 4.28. The Hall–Kier alpha value is -3.67. The summed E-state index contributed by atoms with van der Waals surface area (Å²) in [5.74, 6) is -1.49. The van der Waals surface area contributed by atoms with Crippen molar-refractivity contribution in [2.45, 2.75) is 19.4 Å². The summed E-state index contributed by atoms with van der Waals surface area (Å²) in [4.78, 5) is 35.5. The first-order chi connectivity index (χ1) is 13.4. The molecule has 0 aromatic heterocycles. The molecule has 0 aliphatic rings. The Morgan fingerprint density at radius 2 is 1.64 bits per heavy atom. The number of nitrogens with two attached hydrogens (primary N) is 1. The Labute approximate surface area is 162 Å². The van der Waals surface area contributed by atoms with E-state index in [1.54, 1.807) is 12.1 Å². The predicted octanol–water partition coefficient (Wildman–Crippen LogP) is 3.05. The minimum Gasteiger partial charge on any atom is -0.452 e. The lowest BCUT2D eigenvalue weighted by atomic mass is 10.1. The van der Waals surface area contributed by atoms with E-state index in [9.17, 15) is 14.4 Å². The van der Waals surface area contributed by atoms with E-state index in [1.165, 1.54) is 19.1 Å². The molecule has 0 aliphatic carbocycles. The first kappa shape index (κ1) is 19.1. The Kier molecular flexibility index (Phi) is 5.69. The summed E-state index contributed by atoms with van der Waals surface area (Å²) in [7, 11) is 0. The lowest BCUT2D eigenvalue weighted by Gasteiger charge is -2.14. The SMILES string of the molecule is C[C@H](OC(=O)Cc1ccc2ccccc2c1)C(=O)Nc1ccc(C(N)=O)cc1. The largest absolute Gasteiger partial charge is 0.452 e. The van der Waals surface area contributed by atoms with Crippen molar-refractivity contribution in [1.82, 2.24) is 0 Å². The summed E-state index contributed by atoms with van der Waals surface area (Å²) in [5, 5.41) is 4.77. The van der Waals surface area contributed by atoms with Gasteiger partial charge in [0.2, 0.25) is 5.91 Å². The van der Waals surface area contributed by atoms with Crippen LogP contribution in [0.15, 0.2) is 66.7 Å². The summed E-state index contributed by atoms with van der Waals surface area (Å²) in [6.45, 7) is 1.51. The third kappa shape index (κ3) is 4.73. The van der Waals surface area contributed by atoms with Crippen LogP contribution in [0.25, 0.3) is 10.8 Å². The highest BCUT2D eigenvalue weighted by Gasteiger charge is 2.18. The van der Waals surface area contributed by atoms with Crippen molar-refractivity contribution in [2.24, 2.45) is 5.73 Å². The van der Waals surface area contributed by atoms with Crippen LogP contribution in [0.5, 0.6) is 0 Å². The summed E-state index contributed by atoms with van der Waals surface area (Å²) < 4.78 is 5.24. The summed E-state index contributed by atoms with van der Waals surface area (Å²) in [5.41, 5.74) is 6.82. The lowest BCUT2D eigenvalue weighted by molar-refractivity contribution is -0.152. The molecule has 3 N–H and O–H groups in total. The van der Waals surface area contributed by atoms with Gasteiger partial charge in [0.05, 0.1) is 6.42 Å². The van der Waals surface area contributed by atoms with E-state index in [4.69, 9.17) is 10.5 Å². The van der Waals surface area contributed by atoms with Gasteiger partial charge in [0.25, 0.3) is 5.91 Å². The minimum absolute atomic E-state index is 0.0791. The van der Waals surface area contributed by atoms with Crippen LogP contribution < -0.4 is 11.1 Å². The molecule has 0 saturated carbocycles. The van der Waals surface area contributed by atoms with E-state index in [1.807, 2.05) is 42.5 Å². The number of amides is 2. The first-order valence-electron chi connectivity index (χ1n) is 8.80. The molecule has 6 heteroatoms. The Bertz CT molecular complexity index is 1030.